The first-order valence-corrected chi connectivity index (χ1v) is 41.8. The van der Waals surface area contributed by atoms with E-state index in [0.717, 1.165) is 53.3 Å². The maximum atomic E-state index is 4.43. The summed E-state index contributed by atoms with van der Waals surface area (Å²) >= 11 is 5.80. The smallest absolute Gasteiger partial charge is 0.252 e. The Morgan fingerprint density at radius 3 is 1.03 bits per heavy atom. The third-order valence-electron chi connectivity index (χ3n) is 29.5. The molecule has 0 aromatic heterocycles. The van der Waals surface area contributed by atoms with Gasteiger partial charge in [0.15, 0.2) is 0 Å². The molecule has 9 aromatic rings. The van der Waals surface area contributed by atoms with Gasteiger partial charge in [0.25, 0.3) is 20.1 Å². The molecule has 6 nitrogen and oxygen atoms in total. The van der Waals surface area contributed by atoms with Crippen molar-refractivity contribution in [3.05, 3.63) is 187 Å². The minimum absolute atomic E-state index is 0.0199. The van der Waals surface area contributed by atoms with Crippen LogP contribution in [-0.2, 0) is 16.2 Å². The average molecular weight is 1340 g/mol. The lowest BCUT2D eigenvalue weighted by Crippen LogP contribution is -2.66. The predicted octanol–water partition coefficient (Wildman–Crippen LogP) is 16.5. The summed E-state index contributed by atoms with van der Waals surface area (Å²) in [4.78, 5) is 5.34. The Labute approximate surface area is 598 Å². The van der Waals surface area contributed by atoms with E-state index in [4.69, 9.17) is 0 Å². The van der Waals surface area contributed by atoms with Gasteiger partial charge < -0.3 is 15.1 Å². The quantitative estimate of drug-likeness (QED) is 0.118. The molecule has 9 aromatic carbocycles. The van der Waals surface area contributed by atoms with E-state index in [1.807, 2.05) is 35.8 Å². The highest BCUT2D eigenvalue weighted by Gasteiger charge is 2.58. The lowest BCUT2D eigenvalue weighted by atomic mass is 9.29. The van der Waals surface area contributed by atoms with Gasteiger partial charge >= 0.3 is 0 Å². The van der Waals surface area contributed by atoms with Crippen molar-refractivity contribution >= 4 is 185 Å². The summed E-state index contributed by atoms with van der Waals surface area (Å²) in [5.74, 6) is 7.67. The molecule has 6 heterocycles. The number of nitrogens with one attached hydrogen (secondary N) is 1. The molecule has 6 aliphatic heterocycles. The first kappa shape index (κ1) is 57.6. The van der Waals surface area contributed by atoms with Gasteiger partial charge in [0.05, 0.1) is 17.1 Å². The molecule has 99 heavy (non-hydrogen) atoms. The Morgan fingerprint density at radius 1 is 0.293 bits per heavy atom. The van der Waals surface area contributed by atoms with Gasteiger partial charge in [-0.25, -0.2) is 0 Å². The summed E-state index contributed by atoms with van der Waals surface area (Å²) in [6.45, 7) is 0.0491. The molecule has 12 heteroatoms. The molecule has 0 radical (unpaired) electrons. The Balaban J connectivity index is 0.748. The highest BCUT2D eigenvalue weighted by molar-refractivity contribution is 8.01. The minimum Gasteiger partial charge on any atom is -0.356 e. The summed E-state index contributed by atoms with van der Waals surface area (Å²) in [5.41, 5.74) is 37.0. The Hall–Kier alpha value is -6.98. The number of nitrogens with zero attached hydrogens (tertiary/aromatic N) is 5. The summed E-state index contributed by atoms with van der Waals surface area (Å²) in [6.07, 6.45) is 32.2. The zero-order chi connectivity index (χ0) is 64.7. The fourth-order valence-corrected chi connectivity index (χ4v) is 29.4. The highest BCUT2D eigenvalue weighted by atomic mass is 32.2. The third-order valence-corrected chi connectivity index (χ3v) is 31.8. The molecule has 12 fully saturated rings. The van der Waals surface area contributed by atoms with Crippen LogP contribution < -0.4 is 77.2 Å². The van der Waals surface area contributed by atoms with Gasteiger partial charge in [-0.2, -0.15) is 0 Å². The van der Waals surface area contributed by atoms with Crippen molar-refractivity contribution in [1.29, 1.82) is 0 Å². The van der Waals surface area contributed by atoms with Gasteiger partial charge in [0.1, 0.15) is 0 Å². The van der Waals surface area contributed by atoms with Gasteiger partial charge in [-0.3, -0.25) is 12.9 Å². The van der Waals surface area contributed by atoms with Crippen molar-refractivity contribution < 1.29 is 0 Å². The van der Waals surface area contributed by atoms with E-state index in [-0.39, 0.29) is 36.4 Å². The zero-order valence-electron chi connectivity index (χ0n) is 57.3. The predicted molar refractivity (Wildman–Crippen MR) is 425 cm³/mol. The number of rotatable bonds is 8. The van der Waals surface area contributed by atoms with Crippen LogP contribution in [0.1, 0.15) is 132 Å². The van der Waals surface area contributed by atoms with Gasteiger partial charge in [0, 0.05) is 81.3 Å². The van der Waals surface area contributed by atoms with Crippen molar-refractivity contribution in [3.63, 3.8) is 0 Å². The van der Waals surface area contributed by atoms with Crippen LogP contribution in [0, 0.1) is 53.3 Å². The van der Waals surface area contributed by atoms with Crippen LogP contribution in [0.25, 0.3) is 0 Å². The number of anilines is 14. The fraction of sp³-hybridized carbons (Fsp3) is 0.379. The largest absolute Gasteiger partial charge is 0.356 e. The Morgan fingerprint density at radius 2 is 0.616 bits per heavy atom. The van der Waals surface area contributed by atoms with Crippen LogP contribution in [-0.4, -0.2) is 38.9 Å². The summed E-state index contributed by atoms with van der Waals surface area (Å²) in [7, 11) is 0. The molecule has 0 spiro atoms. The van der Waals surface area contributed by atoms with Gasteiger partial charge in [0.2, 0.25) is 0 Å². The second kappa shape index (κ2) is 20.4. The van der Waals surface area contributed by atoms with Crippen LogP contribution in [0.4, 0.5) is 79.6 Å². The van der Waals surface area contributed by atoms with Crippen LogP contribution in [0.3, 0.4) is 0 Å². The van der Waals surface area contributed by atoms with E-state index in [9.17, 15) is 0 Å². The van der Waals surface area contributed by atoms with Crippen LogP contribution >= 0.6 is 35.8 Å². The molecule has 12 bridgehead atoms. The van der Waals surface area contributed by atoms with E-state index in [1.165, 1.54) is 244 Å². The molecule has 0 atom stereocenters. The average Bonchev–Trinajstić information content (AvgIpc) is 0.686. The number of para-hydroxylation sites is 4. The maximum absolute atomic E-state index is 4.43. The zero-order valence-corrected chi connectivity index (χ0v) is 59.7. The van der Waals surface area contributed by atoms with Crippen molar-refractivity contribution in [2.24, 2.45) is 53.3 Å². The molecule has 12 aliphatic carbocycles. The van der Waals surface area contributed by atoms with Gasteiger partial charge in [-0.15, -0.1) is 0 Å². The Kier molecular flexibility index (Phi) is 11.9. The SMILES string of the molecule is CSN1c2cc3c(cc2B2c4cc5c(cc4N(SC)c4cc(C67CC8CC(CC(C8)C6)C7)cc1c42)N(SC)c1cc(C24CC6CC(CC(C6)C2)C4)cc2c1B5c1ccccc1N2c1ccccc1)B1c2ccccc2N(c2ccccc2)c2cc(C45CC6CC(CC(C6)C4)C5)cc(c21)N3. The molecular formula is C87H83B3N6S3. The molecule has 27 rings (SSSR count). The summed E-state index contributed by atoms with van der Waals surface area (Å²) in [6, 6.07) is 69.4. The van der Waals surface area contributed by atoms with Crippen LogP contribution in [0.2, 0.25) is 0 Å². The summed E-state index contributed by atoms with van der Waals surface area (Å²) < 4.78 is 8.20. The van der Waals surface area contributed by atoms with Crippen molar-refractivity contribution in [2.75, 3.05) is 46.8 Å². The molecule has 0 saturated heterocycles. The lowest BCUT2D eigenvalue weighted by molar-refractivity contribution is -0.00526. The minimum atomic E-state index is -0.0199. The first-order chi connectivity index (χ1) is 48.7. The van der Waals surface area contributed by atoms with Crippen LogP contribution in [0.15, 0.2) is 170 Å². The molecule has 12 saturated carbocycles. The standard InChI is InChI=1S/C87H83B3N6S3/c1-97-94-74-39-70-66(88-64-18-10-12-20-72(64)92(62-14-6-4-7-15-62)77-32-59(31-71(91-70)82(77)88)85-41-50-22-51(42-85)24-52(23-50)43-85)37-67(74)90-69-38-68-75(40-76(69)96(99-3)81-36-61(35-80(94)84(81)90)87-47-56-28-57(48-87)30-58(29-56)49-87)95(98-2)79-34-60(86-44-53-25-54(45-86)27-55(26-53)46-86)33-78-83(79)89(68)65-19-11-13-21-73(65)93(78)63-16-8-5-9-17-63/h4-21,31-40,50-58,91H,22-30,41-49H2,1-3H3. The molecular weight excluding hydrogens is 1260 g/mol. The van der Waals surface area contributed by atoms with Gasteiger partial charge in [-0.1, -0.05) is 84.9 Å². The second-order valence-corrected chi connectivity index (χ2v) is 36.9. The molecule has 1 N–H and O–H groups in total. The topological polar surface area (TPSA) is 28.2 Å². The van der Waals surface area contributed by atoms with E-state index < -0.39 is 0 Å². The number of benzene rings is 9. The van der Waals surface area contributed by atoms with Crippen molar-refractivity contribution in [2.45, 2.75) is 132 Å². The van der Waals surface area contributed by atoms with Crippen LogP contribution in [0.5, 0.6) is 0 Å². The van der Waals surface area contributed by atoms with Crippen molar-refractivity contribution in [1.82, 2.24) is 0 Å². The van der Waals surface area contributed by atoms with E-state index in [2.05, 4.69) is 217 Å². The molecule has 0 amide bonds. The Bertz CT molecular complexity index is 4910. The molecule has 488 valence electrons. The number of fused-ring (bicyclic) bond motifs is 12. The van der Waals surface area contributed by atoms with E-state index in [1.54, 1.807) is 16.7 Å². The van der Waals surface area contributed by atoms with Gasteiger partial charge in [-0.05, 0) is 372 Å². The highest BCUT2D eigenvalue weighted by Crippen LogP contribution is 2.66. The third kappa shape index (κ3) is 7.80. The first-order valence-electron chi connectivity index (χ1n) is 38.3. The second-order valence-electron chi connectivity index (χ2n) is 34.7. The summed E-state index contributed by atoms with van der Waals surface area (Å²) in [5, 5.41) is 4.43. The maximum Gasteiger partial charge on any atom is 0.252 e. The number of hydrogen-bond donors (Lipinski definition) is 1. The lowest BCUT2D eigenvalue weighted by Gasteiger charge is -2.57. The monoisotopic (exact) mass is 1340 g/mol. The molecule has 18 aliphatic rings. The van der Waals surface area contributed by atoms with Crippen molar-refractivity contribution in [3.8, 4) is 0 Å². The normalized spacial score (nSPS) is 30.5. The van der Waals surface area contributed by atoms with E-state index in [0.29, 0.717) is 0 Å². The fourth-order valence-electron chi connectivity index (χ4n) is 27.3. The van der Waals surface area contributed by atoms with E-state index >= 15 is 0 Å². The molecule has 0 unspecified atom stereocenters. The number of hydrogen-bond acceptors (Lipinski definition) is 9.